The minimum Gasteiger partial charge on any atom is -0.266 e. The van der Waals surface area contributed by atoms with Gasteiger partial charge in [-0.05, 0) is 31.7 Å². The van der Waals surface area contributed by atoms with Gasteiger partial charge in [-0.25, -0.2) is 0 Å². The normalized spacial score (nSPS) is 33.8. The number of fused-ring (bicyclic) bond motifs is 2. The smallest absolute Gasteiger partial charge is 0.0523 e. The van der Waals surface area contributed by atoms with E-state index in [9.17, 15) is 0 Å². The Morgan fingerprint density at radius 1 is 1.27 bits per heavy atom. The van der Waals surface area contributed by atoms with E-state index in [1.807, 2.05) is 6.20 Å². The van der Waals surface area contributed by atoms with E-state index in [1.54, 1.807) is 0 Å². The van der Waals surface area contributed by atoms with Gasteiger partial charge in [0.05, 0.1) is 6.04 Å². The maximum Gasteiger partial charge on any atom is 0.0523 e. The SMILES string of the molecule is c1cc2n(n1)C1CCC2CC1. The molecule has 0 aromatic carbocycles. The highest BCUT2D eigenvalue weighted by Gasteiger charge is 2.32. The van der Waals surface area contributed by atoms with Gasteiger partial charge in [-0.1, -0.05) is 0 Å². The molecule has 2 aliphatic heterocycles. The molecule has 1 fully saturated rings. The Morgan fingerprint density at radius 3 is 2.82 bits per heavy atom. The van der Waals surface area contributed by atoms with E-state index in [2.05, 4.69) is 15.8 Å². The molecule has 0 amide bonds. The molecule has 0 radical (unpaired) electrons. The van der Waals surface area contributed by atoms with E-state index >= 15 is 0 Å². The van der Waals surface area contributed by atoms with E-state index in [0.29, 0.717) is 0 Å². The van der Waals surface area contributed by atoms with Crippen LogP contribution >= 0.6 is 0 Å². The van der Waals surface area contributed by atoms with Gasteiger partial charge in [-0.15, -0.1) is 0 Å². The van der Waals surface area contributed by atoms with Crippen molar-refractivity contribution >= 4 is 0 Å². The van der Waals surface area contributed by atoms with Crippen LogP contribution in [-0.4, -0.2) is 9.78 Å². The third-order valence-corrected chi connectivity index (χ3v) is 3.16. The van der Waals surface area contributed by atoms with Crippen molar-refractivity contribution in [3.63, 3.8) is 0 Å². The Balaban J connectivity index is 2.19. The zero-order valence-corrected chi connectivity index (χ0v) is 6.53. The predicted molar refractivity (Wildman–Crippen MR) is 42.5 cm³/mol. The summed E-state index contributed by atoms with van der Waals surface area (Å²) in [6.45, 7) is 0. The molecule has 0 saturated heterocycles. The molecule has 1 aromatic heterocycles. The molecule has 0 atom stereocenters. The molecule has 1 aromatic rings. The van der Waals surface area contributed by atoms with Gasteiger partial charge in [0.15, 0.2) is 0 Å². The van der Waals surface area contributed by atoms with Crippen LogP contribution in [0, 0.1) is 0 Å². The number of hydrogen-bond acceptors (Lipinski definition) is 1. The predicted octanol–water partition coefficient (Wildman–Crippen LogP) is 2.10. The summed E-state index contributed by atoms with van der Waals surface area (Å²) in [4.78, 5) is 0. The second-order valence-electron chi connectivity index (χ2n) is 3.71. The Labute approximate surface area is 66.2 Å². The molecule has 1 saturated carbocycles. The molecule has 3 heterocycles. The largest absolute Gasteiger partial charge is 0.266 e. The van der Waals surface area contributed by atoms with Crippen molar-refractivity contribution in [3.8, 4) is 0 Å². The Bertz CT molecular complexity index is 242. The second kappa shape index (κ2) is 1.87. The zero-order valence-electron chi connectivity index (χ0n) is 6.53. The van der Waals surface area contributed by atoms with E-state index < -0.39 is 0 Å². The first-order valence-corrected chi connectivity index (χ1v) is 4.48. The Morgan fingerprint density at radius 2 is 2.09 bits per heavy atom. The van der Waals surface area contributed by atoms with E-state index in [4.69, 9.17) is 0 Å². The Kier molecular flexibility index (Phi) is 0.989. The van der Waals surface area contributed by atoms with Crippen LogP contribution in [0.4, 0.5) is 0 Å². The molecule has 2 nitrogen and oxygen atoms in total. The average molecular weight is 148 g/mol. The molecule has 3 aliphatic rings. The summed E-state index contributed by atoms with van der Waals surface area (Å²) in [6.07, 6.45) is 7.47. The van der Waals surface area contributed by atoms with Gasteiger partial charge in [0.2, 0.25) is 0 Å². The number of hydrogen-bond donors (Lipinski definition) is 0. The van der Waals surface area contributed by atoms with Gasteiger partial charge >= 0.3 is 0 Å². The molecule has 4 rings (SSSR count). The summed E-state index contributed by atoms with van der Waals surface area (Å²) >= 11 is 0. The van der Waals surface area contributed by atoms with Crippen LogP contribution in [0.5, 0.6) is 0 Å². The minimum atomic E-state index is 0.741. The van der Waals surface area contributed by atoms with Gasteiger partial charge in [0.25, 0.3) is 0 Å². The van der Waals surface area contributed by atoms with Crippen LogP contribution in [0.3, 0.4) is 0 Å². The fraction of sp³-hybridized carbons (Fsp3) is 0.667. The van der Waals surface area contributed by atoms with Crippen molar-refractivity contribution < 1.29 is 0 Å². The van der Waals surface area contributed by atoms with Gasteiger partial charge in [0, 0.05) is 17.8 Å². The van der Waals surface area contributed by atoms with Crippen LogP contribution in [0.2, 0.25) is 0 Å². The summed E-state index contributed by atoms with van der Waals surface area (Å²) in [5.41, 5.74) is 1.49. The number of rotatable bonds is 0. The lowest BCUT2D eigenvalue weighted by atomic mass is 9.80. The van der Waals surface area contributed by atoms with Crippen LogP contribution in [-0.2, 0) is 0 Å². The van der Waals surface area contributed by atoms with Crippen molar-refractivity contribution in [2.24, 2.45) is 0 Å². The summed E-state index contributed by atoms with van der Waals surface area (Å²) in [6, 6.07) is 2.93. The van der Waals surface area contributed by atoms with Gasteiger partial charge in [0.1, 0.15) is 0 Å². The van der Waals surface area contributed by atoms with E-state index in [-0.39, 0.29) is 0 Å². The molecule has 0 spiro atoms. The van der Waals surface area contributed by atoms with Crippen molar-refractivity contribution in [1.29, 1.82) is 0 Å². The second-order valence-corrected chi connectivity index (χ2v) is 3.71. The van der Waals surface area contributed by atoms with Gasteiger partial charge in [-0.2, -0.15) is 5.10 Å². The van der Waals surface area contributed by atoms with Crippen LogP contribution in [0.1, 0.15) is 43.3 Å². The topological polar surface area (TPSA) is 17.8 Å². The fourth-order valence-electron chi connectivity index (χ4n) is 2.57. The fourth-order valence-corrected chi connectivity index (χ4v) is 2.57. The van der Waals surface area contributed by atoms with Crippen LogP contribution < -0.4 is 0 Å². The van der Waals surface area contributed by atoms with Crippen molar-refractivity contribution in [3.05, 3.63) is 18.0 Å². The molecule has 2 bridgehead atoms. The van der Waals surface area contributed by atoms with Crippen molar-refractivity contribution in [2.75, 3.05) is 0 Å². The van der Waals surface area contributed by atoms with Crippen molar-refractivity contribution in [1.82, 2.24) is 9.78 Å². The third kappa shape index (κ3) is 0.647. The lowest BCUT2D eigenvalue weighted by Crippen LogP contribution is -2.27. The highest BCUT2D eigenvalue weighted by molar-refractivity contribution is 5.14. The molecule has 1 aliphatic carbocycles. The molecule has 0 N–H and O–H groups in total. The van der Waals surface area contributed by atoms with E-state index in [1.165, 1.54) is 31.4 Å². The Hall–Kier alpha value is -0.790. The molecule has 11 heavy (non-hydrogen) atoms. The molecule has 0 unspecified atom stereocenters. The first kappa shape index (κ1) is 5.81. The van der Waals surface area contributed by atoms with Gasteiger partial charge in [-0.3, -0.25) is 4.68 Å². The number of aromatic nitrogens is 2. The highest BCUT2D eigenvalue weighted by Crippen LogP contribution is 2.44. The average Bonchev–Trinajstić information content (AvgIpc) is 2.55. The standard InChI is InChI=1S/C9H12N2/c1-3-8-4-2-7(1)9-5-6-10-11(8)9/h5-8H,1-4H2. The minimum absolute atomic E-state index is 0.741. The summed E-state index contributed by atoms with van der Waals surface area (Å²) < 4.78 is 2.25. The van der Waals surface area contributed by atoms with E-state index in [0.717, 1.165) is 12.0 Å². The quantitative estimate of drug-likeness (QED) is 0.551. The van der Waals surface area contributed by atoms with Gasteiger partial charge < -0.3 is 0 Å². The summed E-state index contributed by atoms with van der Waals surface area (Å²) in [5, 5.41) is 4.36. The summed E-state index contributed by atoms with van der Waals surface area (Å²) in [7, 11) is 0. The first-order valence-electron chi connectivity index (χ1n) is 4.48. The monoisotopic (exact) mass is 148 g/mol. The molecule has 2 heteroatoms. The molecular formula is C9H12N2. The lowest BCUT2D eigenvalue weighted by molar-refractivity contribution is 0.239. The first-order chi connectivity index (χ1) is 5.45. The van der Waals surface area contributed by atoms with Crippen LogP contribution in [0.15, 0.2) is 12.3 Å². The van der Waals surface area contributed by atoms with Crippen LogP contribution in [0.25, 0.3) is 0 Å². The zero-order chi connectivity index (χ0) is 7.26. The van der Waals surface area contributed by atoms with Crippen molar-refractivity contribution in [2.45, 2.75) is 37.6 Å². The number of nitrogens with zero attached hydrogens (tertiary/aromatic N) is 2. The maximum atomic E-state index is 4.36. The third-order valence-electron chi connectivity index (χ3n) is 3.16. The maximum absolute atomic E-state index is 4.36. The molecule has 58 valence electrons. The molecular weight excluding hydrogens is 136 g/mol. The summed E-state index contributed by atoms with van der Waals surface area (Å²) in [5.74, 6) is 0.836. The lowest BCUT2D eigenvalue weighted by Gasteiger charge is -2.36. The highest BCUT2D eigenvalue weighted by atomic mass is 15.3.